The maximum atomic E-state index is 8.81. The minimum atomic E-state index is 0.750. The van der Waals surface area contributed by atoms with Gasteiger partial charge in [0.2, 0.25) is 0 Å². The molecule has 10 heavy (non-hydrogen) atoms. The van der Waals surface area contributed by atoms with Crippen LogP contribution in [0.1, 0.15) is 20.8 Å². The van der Waals surface area contributed by atoms with Gasteiger partial charge in [0, 0.05) is 7.05 Å². The smallest absolute Gasteiger partial charge is 0.116 e. The second kappa shape index (κ2) is 43.4. The lowest BCUT2D eigenvalue weighted by molar-refractivity contribution is -0.106. The third-order valence-electron chi connectivity index (χ3n) is 0.258. The molecule has 0 rings (SSSR count). The van der Waals surface area contributed by atoms with Crippen molar-refractivity contribution < 1.29 is 4.79 Å². The maximum absolute atomic E-state index is 8.81. The predicted molar refractivity (Wildman–Crippen MR) is 46.3 cm³/mol. The number of hydrogen-bond acceptors (Lipinski definition) is 3. The van der Waals surface area contributed by atoms with Gasteiger partial charge in [-0.1, -0.05) is 0 Å². The van der Waals surface area contributed by atoms with Gasteiger partial charge in [0.25, 0.3) is 0 Å². The lowest BCUT2D eigenvalue weighted by Crippen LogP contribution is -1.47. The second-order valence-electron chi connectivity index (χ2n) is 1.04. The summed E-state index contributed by atoms with van der Waals surface area (Å²) in [5.74, 6) is 0. The minimum absolute atomic E-state index is 0.750. The summed E-state index contributed by atoms with van der Waals surface area (Å²) >= 11 is 0. The predicted octanol–water partition coefficient (Wildman–Crippen LogP) is 1.57. The summed E-state index contributed by atoms with van der Waals surface area (Å²) in [5.41, 5.74) is 0. The molecule has 0 unspecified atom stereocenters. The Bertz CT molecular complexity index is 69.7. The van der Waals surface area contributed by atoms with Crippen LogP contribution in [0.4, 0.5) is 0 Å². The Morgan fingerprint density at radius 2 is 1.40 bits per heavy atom. The highest BCUT2D eigenvalue weighted by Gasteiger charge is 1.32. The lowest BCUT2D eigenvalue weighted by atomic mass is 10.9. The number of hydrogen-bond donors (Lipinski definition) is 1. The fraction of sp³-hybridized carbons (Fsp3) is 0.571. The number of nitrogens with one attached hydrogen (secondary N) is 1. The Kier molecular flexibility index (Phi) is 69.5. The number of rotatable bonds is 0. The van der Waals surface area contributed by atoms with Crippen LogP contribution in [0, 0.1) is 5.41 Å². The van der Waals surface area contributed by atoms with Crippen LogP contribution < -0.4 is 0 Å². The molecule has 0 aromatic heterocycles. The third kappa shape index (κ3) is 2530000. The third-order valence-corrected chi connectivity index (χ3v) is 0.258. The normalized spacial score (nSPS) is 6.40. The molecule has 0 bridgehead atoms. The molecule has 0 aliphatic carbocycles. The molecular weight excluding hydrogens is 128 g/mol. The van der Waals surface area contributed by atoms with Gasteiger partial charge in [-0.05, 0) is 33.2 Å². The van der Waals surface area contributed by atoms with Crippen LogP contribution >= 0.6 is 0 Å². The number of carbonyl (C=O) groups excluding carboxylic acids is 1. The van der Waals surface area contributed by atoms with E-state index < -0.39 is 0 Å². The first-order valence-corrected chi connectivity index (χ1v) is 2.96. The zero-order valence-corrected chi connectivity index (χ0v) is 7.09. The fourth-order valence-corrected chi connectivity index (χ4v) is 0. The summed E-state index contributed by atoms with van der Waals surface area (Å²) in [7, 11) is 1.75. The van der Waals surface area contributed by atoms with Crippen molar-refractivity contribution in [2.45, 2.75) is 20.8 Å². The van der Waals surface area contributed by atoms with Crippen molar-refractivity contribution in [2.75, 3.05) is 7.05 Å². The van der Waals surface area contributed by atoms with Crippen molar-refractivity contribution in [2.24, 2.45) is 4.99 Å². The first-order chi connectivity index (χ1) is 4.74. The van der Waals surface area contributed by atoms with E-state index >= 15 is 0 Å². The Balaban J connectivity index is -0.0000000750. The van der Waals surface area contributed by atoms with Gasteiger partial charge < -0.3 is 15.2 Å². The van der Waals surface area contributed by atoms with Crippen molar-refractivity contribution in [1.29, 1.82) is 5.41 Å². The molecular formula is C7H16N2O. The standard InChI is InChI=1S/C3H7N.C2H5N.C2H4O/c1-3-4-2;2*1-2-3/h3H,1-2H3;2-3H,1H3;2H,1H3. The van der Waals surface area contributed by atoms with Gasteiger partial charge in [0.05, 0.1) is 0 Å². The van der Waals surface area contributed by atoms with E-state index in [4.69, 9.17) is 10.2 Å². The van der Waals surface area contributed by atoms with E-state index in [0.717, 1.165) is 6.29 Å². The number of aliphatic imine (C=N–C) groups is 1. The van der Waals surface area contributed by atoms with E-state index in [-0.39, 0.29) is 0 Å². The zero-order valence-electron chi connectivity index (χ0n) is 7.09. The maximum Gasteiger partial charge on any atom is 0.116 e. The van der Waals surface area contributed by atoms with Crippen LogP contribution in [0.2, 0.25) is 0 Å². The van der Waals surface area contributed by atoms with Gasteiger partial charge in [-0.3, -0.25) is 0 Å². The molecule has 0 amide bonds. The molecule has 0 aliphatic heterocycles. The summed E-state index contributed by atoms with van der Waals surface area (Å²) in [6.07, 6.45) is 3.75. The Hall–Kier alpha value is -0.990. The van der Waals surface area contributed by atoms with Crippen molar-refractivity contribution in [3.8, 4) is 0 Å². The zero-order chi connectivity index (χ0) is 8.83. The van der Waals surface area contributed by atoms with Gasteiger partial charge in [-0.15, -0.1) is 0 Å². The topological polar surface area (TPSA) is 53.3 Å². The van der Waals surface area contributed by atoms with Crippen LogP contribution in [0.15, 0.2) is 4.99 Å². The first kappa shape index (κ1) is 16.0. The highest BCUT2D eigenvalue weighted by atomic mass is 16.1. The quantitative estimate of drug-likeness (QED) is 0.407. The van der Waals surface area contributed by atoms with Gasteiger partial charge in [-0.2, -0.15) is 0 Å². The highest BCUT2D eigenvalue weighted by Crippen LogP contribution is 1.39. The van der Waals surface area contributed by atoms with Gasteiger partial charge in [0.1, 0.15) is 6.29 Å². The molecule has 3 heteroatoms. The van der Waals surface area contributed by atoms with Crippen molar-refractivity contribution in [1.82, 2.24) is 0 Å². The van der Waals surface area contributed by atoms with E-state index in [1.807, 2.05) is 6.92 Å². The number of aldehydes is 1. The lowest BCUT2D eigenvalue weighted by Gasteiger charge is -1.53. The van der Waals surface area contributed by atoms with Gasteiger partial charge >= 0.3 is 0 Å². The summed E-state index contributed by atoms with van der Waals surface area (Å²) in [5, 5.41) is 6.08. The molecule has 0 fully saturated rings. The molecule has 0 saturated heterocycles. The average Bonchev–Trinajstić information content (AvgIpc) is 1.91. The largest absolute Gasteiger partial charge is 0.313 e. The number of carbonyl (C=O) groups is 1. The van der Waals surface area contributed by atoms with Gasteiger partial charge in [0.15, 0.2) is 0 Å². The molecule has 0 heterocycles. The second-order valence-corrected chi connectivity index (χ2v) is 1.04. The van der Waals surface area contributed by atoms with Crippen molar-refractivity contribution in [3.05, 3.63) is 0 Å². The van der Waals surface area contributed by atoms with Crippen LogP contribution in [-0.4, -0.2) is 25.8 Å². The molecule has 0 aromatic carbocycles. The Morgan fingerprint density at radius 3 is 1.40 bits per heavy atom. The summed E-state index contributed by atoms with van der Waals surface area (Å²) in [6.45, 7) is 5.00. The molecule has 0 saturated carbocycles. The first-order valence-electron chi connectivity index (χ1n) is 2.96. The van der Waals surface area contributed by atoms with Crippen molar-refractivity contribution >= 4 is 18.7 Å². The Labute approximate surface area is 62.7 Å². The summed E-state index contributed by atoms with van der Waals surface area (Å²) in [6, 6.07) is 0. The molecule has 1 N–H and O–H groups in total. The molecule has 0 radical (unpaired) electrons. The van der Waals surface area contributed by atoms with E-state index in [9.17, 15) is 0 Å². The van der Waals surface area contributed by atoms with E-state index in [1.165, 1.54) is 13.1 Å². The van der Waals surface area contributed by atoms with E-state index in [2.05, 4.69) is 4.99 Å². The Morgan fingerprint density at radius 1 is 1.30 bits per heavy atom. The molecule has 0 atom stereocenters. The van der Waals surface area contributed by atoms with Gasteiger partial charge in [-0.25, -0.2) is 0 Å². The van der Waals surface area contributed by atoms with Crippen LogP contribution in [0.25, 0.3) is 0 Å². The highest BCUT2D eigenvalue weighted by molar-refractivity contribution is 5.52. The molecule has 0 aliphatic rings. The minimum Gasteiger partial charge on any atom is -0.313 e. The van der Waals surface area contributed by atoms with Crippen LogP contribution in [0.5, 0.6) is 0 Å². The van der Waals surface area contributed by atoms with E-state index in [0.29, 0.717) is 0 Å². The average molecular weight is 144 g/mol. The molecule has 0 aromatic rings. The molecule has 0 spiro atoms. The molecule has 60 valence electrons. The monoisotopic (exact) mass is 144 g/mol. The van der Waals surface area contributed by atoms with Crippen LogP contribution in [0.3, 0.4) is 0 Å². The summed E-state index contributed by atoms with van der Waals surface area (Å²) in [4.78, 5) is 12.4. The van der Waals surface area contributed by atoms with Crippen LogP contribution in [-0.2, 0) is 4.79 Å². The van der Waals surface area contributed by atoms with E-state index in [1.54, 1.807) is 20.2 Å². The van der Waals surface area contributed by atoms with Crippen molar-refractivity contribution in [3.63, 3.8) is 0 Å². The SMILES string of the molecule is CC=N.CC=NC.CC=O. The fourth-order valence-electron chi connectivity index (χ4n) is 0. The number of nitrogens with zero attached hydrogens (tertiary/aromatic N) is 1. The summed E-state index contributed by atoms with van der Waals surface area (Å²) < 4.78 is 0. The molecule has 3 nitrogen and oxygen atoms in total.